The van der Waals surface area contributed by atoms with Crippen LogP contribution in [0.3, 0.4) is 0 Å². The first kappa shape index (κ1) is 17.0. The predicted octanol–water partition coefficient (Wildman–Crippen LogP) is 4.48. The van der Waals surface area contributed by atoms with Crippen molar-refractivity contribution >= 4 is 10.9 Å². The number of ether oxygens (including phenoxy) is 1. The number of nitrogens with one attached hydrogen (secondary N) is 2. The number of benzene rings is 2. The van der Waals surface area contributed by atoms with E-state index in [0.717, 1.165) is 24.8 Å². The lowest BCUT2D eigenvalue weighted by molar-refractivity contribution is 0.371. The summed E-state index contributed by atoms with van der Waals surface area (Å²) in [5.41, 5.74) is 5.23. The van der Waals surface area contributed by atoms with E-state index in [1.807, 2.05) is 12.1 Å². The fourth-order valence-corrected chi connectivity index (χ4v) is 4.19. The summed E-state index contributed by atoms with van der Waals surface area (Å²) < 4.78 is 5.22. The lowest BCUT2D eigenvalue weighted by Gasteiger charge is -2.27. The summed E-state index contributed by atoms with van der Waals surface area (Å²) in [5.74, 6) is 0.720. The molecule has 1 aromatic heterocycles. The maximum atomic E-state index is 9.76. The minimum atomic E-state index is 0.187. The van der Waals surface area contributed by atoms with Crippen molar-refractivity contribution in [2.75, 3.05) is 7.11 Å². The number of H-pyrrole nitrogens is 1. The minimum Gasteiger partial charge on any atom is -0.504 e. The Morgan fingerprint density at radius 3 is 2.96 bits per heavy atom. The van der Waals surface area contributed by atoms with Gasteiger partial charge in [-0.1, -0.05) is 24.3 Å². The molecule has 1 aliphatic rings. The Morgan fingerprint density at radius 1 is 1.27 bits per heavy atom. The normalized spacial score (nSPS) is 17.8. The molecule has 0 saturated heterocycles. The fraction of sp³-hybridized carbons (Fsp3) is 0.364. The van der Waals surface area contributed by atoms with Gasteiger partial charge in [-0.05, 0) is 61.9 Å². The van der Waals surface area contributed by atoms with E-state index in [-0.39, 0.29) is 5.75 Å². The molecule has 0 saturated carbocycles. The van der Waals surface area contributed by atoms with Crippen molar-refractivity contribution < 1.29 is 9.84 Å². The summed E-state index contributed by atoms with van der Waals surface area (Å²) in [6, 6.07) is 14.9. The van der Waals surface area contributed by atoms with E-state index in [2.05, 4.69) is 41.5 Å². The summed E-state index contributed by atoms with van der Waals surface area (Å²) in [7, 11) is 1.58. The van der Waals surface area contributed by atoms with Gasteiger partial charge in [0.1, 0.15) is 0 Å². The van der Waals surface area contributed by atoms with Gasteiger partial charge in [0.2, 0.25) is 0 Å². The number of aryl methyl sites for hydroxylation is 1. The smallest absolute Gasteiger partial charge is 0.160 e. The lowest BCUT2D eigenvalue weighted by atomic mass is 9.91. The molecule has 26 heavy (non-hydrogen) atoms. The third-order valence-corrected chi connectivity index (χ3v) is 5.39. The van der Waals surface area contributed by atoms with Crippen LogP contribution in [0.2, 0.25) is 0 Å². The predicted molar refractivity (Wildman–Crippen MR) is 105 cm³/mol. The van der Waals surface area contributed by atoms with Gasteiger partial charge >= 0.3 is 0 Å². The van der Waals surface area contributed by atoms with Crippen LogP contribution in [0.1, 0.15) is 42.6 Å². The second-order valence-electron chi connectivity index (χ2n) is 7.29. The molecule has 0 bridgehead atoms. The van der Waals surface area contributed by atoms with Crippen LogP contribution in [0.4, 0.5) is 0 Å². The van der Waals surface area contributed by atoms with E-state index in [4.69, 9.17) is 4.74 Å². The topological polar surface area (TPSA) is 57.3 Å². The summed E-state index contributed by atoms with van der Waals surface area (Å²) in [6.07, 6.45) is 4.42. The molecule has 0 aliphatic heterocycles. The number of aromatic amines is 1. The van der Waals surface area contributed by atoms with E-state index in [9.17, 15) is 5.11 Å². The van der Waals surface area contributed by atoms with E-state index >= 15 is 0 Å². The van der Waals surface area contributed by atoms with Gasteiger partial charge in [0.25, 0.3) is 0 Å². The first-order chi connectivity index (χ1) is 12.7. The van der Waals surface area contributed by atoms with Crippen molar-refractivity contribution in [2.24, 2.45) is 0 Å². The van der Waals surface area contributed by atoms with Crippen molar-refractivity contribution in [3.63, 3.8) is 0 Å². The summed E-state index contributed by atoms with van der Waals surface area (Å²) >= 11 is 0. The minimum absolute atomic E-state index is 0.187. The molecule has 0 amide bonds. The maximum Gasteiger partial charge on any atom is 0.160 e. The SMILES string of the molecule is COc1cc(CC(C)NC2CCCc3c2[nH]c2ccccc32)ccc1O. The van der Waals surface area contributed by atoms with Gasteiger partial charge in [-0.25, -0.2) is 0 Å². The highest BCUT2D eigenvalue weighted by Gasteiger charge is 2.25. The van der Waals surface area contributed by atoms with Crippen LogP contribution in [0, 0.1) is 0 Å². The van der Waals surface area contributed by atoms with Crippen LogP contribution in [0.15, 0.2) is 42.5 Å². The van der Waals surface area contributed by atoms with Crippen molar-refractivity contribution in [3.05, 3.63) is 59.3 Å². The zero-order valence-corrected chi connectivity index (χ0v) is 15.4. The molecule has 1 aliphatic carbocycles. The van der Waals surface area contributed by atoms with Gasteiger partial charge in [0.05, 0.1) is 7.11 Å². The Morgan fingerprint density at radius 2 is 2.12 bits per heavy atom. The Bertz CT molecular complexity index is 916. The molecule has 2 aromatic carbocycles. The molecule has 2 unspecified atom stereocenters. The molecule has 3 N–H and O–H groups in total. The van der Waals surface area contributed by atoms with Crippen LogP contribution < -0.4 is 10.1 Å². The van der Waals surface area contributed by atoms with Gasteiger partial charge in [0.15, 0.2) is 11.5 Å². The first-order valence-corrected chi connectivity index (χ1v) is 9.37. The molecular formula is C22H26N2O2. The summed E-state index contributed by atoms with van der Waals surface area (Å²) in [5, 5.41) is 14.9. The highest BCUT2D eigenvalue weighted by Crippen LogP contribution is 2.35. The number of hydrogen-bond acceptors (Lipinski definition) is 3. The Balaban J connectivity index is 1.51. The Labute approximate surface area is 154 Å². The Kier molecular flexibility index (Phi) is 4.60. The molecular weight excluding hydrogens is 324 g/mol. The third-order valence-electron chi connectivity index (χ3n) is 5.39. The molecule has 2 atom stereocenters. The van der Waals surface area contributed by atoms with Crippen LogP contribution >= 0.6 is 0 Å². The number of fused-ring (bicyclic) bond motifs is 3. The number of phenols is 1. The molecule has 4 nitrogen and oxygen atoms in total. The fourth-order valence-electron chi connectivity index (χ4n) is 4.19. The number of aromatic nitrogens is 1. The molecule has 1 heterocycles. The highest BCUT2D eigenvalue weighted by atomic mass is 16.5. The summed E-state index contributed by atoms with van der Waals surface area (Å²) in [4.78, 5) is 3.65. The number of rotatable bonds is 5. The number of para-hydroxylation sites is 1. The van der Waals surface area contributed by atoms with Crippen molar-refractivity contribution in [3.8, 4) is 11.5 Å². The van der Waals surface area contributed by atoms with Crippen molar-refractivity contribution in [1.82, 2.24) is 10.3 Å². The molecule has 0 fully saturated rings. The Hall–Kier alpha value is -2.46. The number of hydrogen-bond donors (Lipinski definition) is 3. The van der Waals surface area contributed by atoms with Crippen molar-refractivity contribution in [2.45, 2.75) is 44.7 Å². The van der Waals surface area contributed by atoms with E-state index in [1.54, 1.807) is 13.2 Å². The van der Waals surface area contributed by atoms with Crippen LogP contribution in [-0.2, 0) is 12.8 Å². The molecule has 136 valence electrons. The molecule has 0 spiro atoms. The second-order valence-corrected chi connectivity index (χ2v) is 7.29. The maximum absolute atomic E-state index is 9.76. The van der Waals surface area contributed by atoms with E-state index in [1.165, 1.54) is 28.6 Å². The third kappa shape index (κ3) is 3.17. The van der Waals surface area contributed by atoms with Crippen molar-refractivity contribution in [1.29, 1.82) is 0 Å². The van der Waals surface area contributed by atoms with E-state index < -0.39 is 0 Å². The van der Waals surface area contributed by atoms with Gasteiger partial charge < -0.3 is 20.1 Å². The summed E-state index contributed by atoms with van der Waals surface area (Å²) in [6.45, 7) is 2.22. The molecule has 4 rings (SSSR count). The highest BCUT2D eigenvalue weighted by molar-refractivity contribution is 5.85. The second kappa shape index (κ2) is 7.04. The van der Waals surface area contributed by atoms with Crippen LogP contribution in [0.5, 0.6) is 11.5 Å². The average Bonchev–Trinajstić information content (AvgIpc) is 3.03. The zero-order valence-electron chi connectivity index (χ0n) is 15.4. The quantitative estimate of drug-likeness (QED) is 0.636. The lowest BCUT2D eigenvalue weighted by Crippen LogP contribution is -2.34. The molecule has 0 radical (unpaired) electrons. The van der Waals surface area contributed by atoms with Crippen LogP contribution in [-0.4, -0.2) is 23.2 Å². The van der Waals surface area contributed by atoms with Gasteiger partial charge in [-0.3, -0.25) is 0 Å². The van der Waals surface area contributed by atoms with Gasteiger partial charge in [-0.15, -0.1) is 0 Å². The first-order valence-electron chi connectivity index (χ1n) is 9.37. The average molecular weight is 350 g/mol. The van der Waals surface area contributed by atoms with Gasteiger partial charge in [0, 0.05) is 28.7 Å². The monoisotopic (exact) mass is 350 g/mol. The largest absolute Gasteiger partial charge is 0.504 e. The van der Waals surface area contributed by atoms with Gasteiger partial charge in [-0.2, -0.15) is 0 Å². The number of aromatic hydroxyl groups is 1. The van der Waals surface area contributed by atoms with Crippen LogP contribution in [0.25, 0.3) is 10.9 Å². The number of methoxy groups -OCH3 is 1. The zero-order chi connectivity index (χ0) is 18.1. The molecule has 3 aromatic rings. The number of phenolic OH excluding ortho intramolecular Hbond substituents is 1. The molecule has 4 heteroatoms. The standard InChI is InChI=1S/C22H26N2O2/c1-14(12-15-10-11-20(25)21(13-15)26-2)23-19-9-5-7-17-16-6-3-4-8-18(16)24-22(17)19/h3-4,6,8,10-11,13-14,19,23-25H,5,7,9,12H2,1-2H3. The van der Waals surface area contributed by atoms with E-state index in [0.29, 0.717) is 17.8 Å².